The fraction of sp³-hybridized carbons (Fsp3) is 0.500. The van der Waals surface area contributed by atoms with E-state index in [1.807, 2.05) is 39.0 Å². The number of aliphatic carboxylic acids is 1. The van der Waals surface area contributed by atoms with Gasteiger partial charge >= 0.3 is 5.97 Å². The second kappa shape index (κ2) is 8.42. The first-order valence-corrected chi connectivity index (χ1v) is 7.27. The highest BCUT2D eigenvalue weighted by Crippen LogP contribution is 2.14. The van der Waals surface area contributed by atoms with Crippen LogP contribution in [0.1, 0.15) is 37.3 Å². The van der Waals surface area contributed by atoms with Crippen molar-refractivity contribution < 1.29 is 14.7 Å². The number of carbonyl (C=O) groups is 2. The molecule has 5 heteroatoms. The van der Waals surface area contributed by atoms with Gasteiger partial charge in [-0.05, 0) is 50.1 Å². The van der Waals surface area contributed by atoms with Crippen molar-refractivity contribution in [2.24, 2.45) is 0 Å². The van der Waals surface area contributed by atoms with Crippen molar-refractivity contribution >= 4 is 17.6 Å². The summed E-state index contributed by atoms with van der Waals surface area (Å²) in [6.07, 6.45) is 1.79. The third-order valence-corrected chi connectivity index (χ3v) is 3.40. The first kappa shape index (κ1) is 17.2. The van der Waals surface area contributed by atoms with Gasteiger partial charge in [-0.2, -0.15) is 0 Å². The number of unbranched alkanes of at least 4 members (excludes halogenated alkanes) is 1. The van der Waals surface area contributed by atoms with Crippen molar-refractivity contribution in [2.45, 2.75) is 46.1 Å². The predicted molar refractivity (Wildman–Crippen MR) is 83.5 cm³/mol. The van der Waals surface area contributed by atoms with E-state index in [0.29, 0.717) is 12.2 Å². The van der Waals surface area contributed by atoms with Gasteiger partial charge < -0.3 is 15.7 Å². The maximum Gasteiger partial charge on any atom is 0.321 e. The molecular weight excluding hydrogens is 268 g/mol. The molecule has 0 aliphatic carbocycles. The molecule has 0 fully saturated rings. The normalized spacial score (nSPS) is 12.0. The van der Waals surface area contributed by atoms with Gasteiger partial charge in [0.15, 0.2) is 0 Å². The topological polar surface area (TPSA) is 78.4 Å². The number of anilines is 1. The molecule has 5 nitrogen and oxygen atoms in total. The van der Waals surface area contributed by atoms with Crippen molar-refractivity contribution in [1.82, 2.24) is 5.32 Å². The molecule has 1 amide bonds. The number of carboxylic acid groups (broad SMARTS) is 1. The minimum absolute atomic E-state index is 0.0774. The largest absolute Gasteiger partial charge is 0.480 e. The molecule has 0 radical (unpaired) electrons. The summed E-state index contributed by atoms with van der Waals surface area (Å²) in [5.41, 5.74) is 2.93. The van der Waals surface area contributed by atoms with Crippen LogP contribution in [0.4, 0.5) is 5.69 Å². The van der Waals surface area contributed by atoms with E-state index < -0.39 is 12.0 Å². The van der Waals surface area contributed by atoms with Crippen LogP contribution in [0.2, 0.25) is 0 Å². The third kappa shape index (κ3) is 5.95. The molecule has 0 aromatic heterocycles. The van der Waals surface area contributed by atoms with Crippen LogP contribution in [0, 0.1) is 13.8 Å². The highest BCUT2D eigenvalue weighted by molar-refractivity contribution is 5.94. The van der Waals surface area contributed by atoms with Crippen LogP contribution in [0.3, 0.4) is 0 Å². The first-order chi connectivity index (χ1) is 9.93. The molecule has 1 aromatic carbocycles. The molecule has 0 aliphatic heterocycles. The van der Waals surface area contributed by atoms with Crippen LogP contribution in [0.15, 0.2) is 18.2 Å². The van der Waals surface area contributed by atoms with Gasteiger partial charge in [0.25, 0.3) is 0 Å². The Bertz CT molecular complexity index is 500. The number of benzene rings is 1. The summed E-state index contributed by atoms with van der Waals surface area (Å²) in [6.45, 7) is 6.60. The molecule has 0 spiro atoms. The Morgan fingerprint density at radius 3 is 2.52 bits per heavy atom. The smallest absolute Gasteiger partial charge is 0.321 e. The number of hydrogen-bond acceptors (Lipinski definition) is 3. The van der Waals surface area contributed by atoms with Crippen molar-refractivity contribution in [3.63, 3.8) is 0 Å². The number of aryl methyl sites for hydroxylation is 2. The van der Waals surface area contributed by atoms with E-state index in [2.05, 4.69) is 10.6 Å². The maximum atomic E-state index is 11.9. The number of carboxylic acids is 1. The minimum atomic E-state index is -0.999. The number of amides is 1. The van der Waals surface area contributed by atoms with Crippen LogP contribution in [0.25, 0.3) is 0 Å². The fourth-order valence-electron chi connectivity index (χ4n) is 1.92. The Labute approximate surface area is 125 Å². The number of rotatable bonds is 8. The van der Waals surface area contributed by atoms with Gasteiger partial charge in [-0.1, -0.05) is 19.4 Å². The number of hydrogen-bond donors (Lipinski definition) is 3. The molecular formula is C16H24N2O3. The Kier molecular flexibility index (Phi) is 6.88. The van der Waals surface area contributed by atoms with E-state index >= 15 is 0 Å². The lowest BCUT2D eigenvalue weighted by Gasteiger charge is -2.14. The van der Waals surface area contributed by atoms with Crippen molar-refractivity contribution in [2.75, 3.05) is 11.9 Å². The number of nitrogens with one attached hydrogen (secondary N) is 2. The summed E-state index contributed by atoms with van der Waals surface area (Å²) in [7, 11) is 0. The van der Waals surface area contributed by atoms with Crippen molar-refractivity contribution in [3.05, 3.63) is 29.3 Å². The highest BCUT2D eigenvalue weighted by Gasteiger charge is 2.20. The quantitative estimate of drug-likeness (QED) is 0.643. The van der Waals surface area contributed by atoms with E-state index in [1.54, 1.807) is 0 Å². The molecule has 21 heavy (non-hydrogen) atoms. The second-order valence-corrected chi connectivity index (χ2v) is 5.25. The first-order valence-electron chi connectivity index (χ1n) is 7.27. The van der Waals surface area contributed by atoms with E-state index in [-0.39, 0.29) is 12.3 Å². The monoisotopic (exact) mass is 292 g/mol. The Morgan fingerprint density at radius 2 is 1.95 bits per heavy atom. The average Bonchev–Trinajstić information content (AvgIpc) is 2.42. The van der Waals surface area contributed by atoms with Crippen molar-refractivity contribution in [3.8, 4) is 0 Å². The van der Waals surface area contributed by atoms with E-state index in [1.165, 1.54) is 0 Å². The van der Waals surface area contributed by atoms with Gasteiger partial charge in [0.05, 0.1) is 6.42 Å². The van der Waals surface area contributed by atoms with Gasteiger partial charge in [0.2, 0.25) is 5.91 Å². The standard InChI is InChI=1S/C16H24N2O3/c1-4-5-8-17-14(16(20)21)10-15(19)18-13-7-6-11(2)12(3)9-13/h6-7,9,14,17H,4-5,8,10H2,1-3H3,(H,18,19)(H,20,21). The van der Waals surface area contributed by atoms with Gasteiger partial charge in [0, 0.05) is 5.69 Å². The summed E-state index contributed by atoms with van der Waals surface area (Å²) >= 11 is 0. The van der Waals surface area contributed by atoms with Gasteiger partial charge in [-0.25, -0.2) is 0 Å². The SMILES string of the molecule is CCCCNC(CC(=O)Nc1ccc(C)c(C)c1)C(=O)O. The average molecular weight is 292 g/mol. The Balaban J connectivity index is 2.56. The fourth-order valence-corrected chi connectivity index (χ4v) is 1.92. The summed E-state index contributed by atoms with van der Waals surface area (Å²) in [4.78, 5) is 23.1. The second-order valence-electron chi connectivity index (χ2n) is 5.25. The van der Waals surface area contributed by atoms with E-state index in [9.17, 15) is 9.59 Å². The Hall–Kier alpha value is -1.88. The molecule has 1 unspecified atom stereocenters. The van der Waals surface area contributed by atoms with Crippen LogP contribution < -0.4 is 10.6 Å². The molecule has 0 heterocycles. The van der Waals surface area contributed by atoms with E-state index in [0.717, 1.165) is 24.0 Å². The molecule has 1 aromatic rings. The lowest BCUT2D eigenvalue weighted by molar-refractivity contribution is -0.141. The maximum absolute atomic E-state index is 11.9. The zero-order valence-electron chi connectivity index (χ0n) is 12.9. The molecule has 0 saturated carbocycles. The molecule has 0 saturated heterocycles. The summed E-state index contributed by atoms with van der Waals surface area (Å²) in [5.74, 6) is -1.30. The van der Waals surface area contributed by atoms with E-state index in [4.69, 9.17) is 5.11 Å². The summed E-state index contributed by atoms with van der Waals surface area (Å²) < 4.78 is 0. The van der Waals surface area contributed by atoms with Crippen LogP contribution in [0.5, 0.6) is 0 Å². The van der Waals surface area contributed by atoms with Gasteiger partial charge in [-0.15, -0.1) is 0 Å². The van der Waals surface area contributed by atoms with Crippen LogP contribution in [-0.2, 0) is 9.59 Å². The molecule has 1 rings (SSSR count). The van der Waals surface area contributed by atoms with Crippen LogP contribution in [-0.4, -0.2) is 29.6 Å². The summed E-state index contributed by atoms with van der Waals surface area (Å²) in [5, 5.41) is 14.8. The zero-order valence-corrected chi connectivity index (χ0v) is 12.9. The van der Waals surface area contributed by atoms with Gasteiger partial charge in [0.1, 0.15) is 6.04 Å². The predicted octanol–water partition coefficient (Wildman–Crippen LogP) is 2.47. The minimum Gasteiger partial charge on any atom is -0.480 e. The summed E-state index contributed by atoms with van der Waals surface area (Å²) in [6, 6.07) is 4.79. The molecule has 116 valence electrons. The zero-order chi connectivity index (χ0) is 15.8. The molecule has 3 N–H and O–H groups in total. The molecule has 0 bridgehead atoms. The molecule has 0 aliphatic rings. The Morgan fingerprint density at radius 1 is 1.24 bits per heavy atom. The third-order valence-electron chi connectivity index (χ3n) is 3.40. The molecule has 1 atom stereocenters. The lowest BCUT2D eigenvalue weighted by atomic mass is 10.1. The van der Waals surface area contributed by atoms with Gasteiger partial charge in [-0.3, -0.25) is 9.59 Å². The lowest BCUT2D eigenvalue weighted by Crippen LogP contribution is -2.40. The van der Waals surface area contributed by atoms with Crippen LogP contribution >= 0.6 is 0 Å². The van der Waals surface area contributed by atoms with Crippen molar-refractivity contribution in [1.29, 1.82) is 0 Å². The highest BCUT2D eigenvalue weighted by atomic mass is 16.4. The number of carbonyl (C=O) groups excluding carboxylic acids is 1.